The molecule has 7 heteroatoms. The molecule has 4 aromatic rings. The first-order valence-electron chi connectivity index (χ1n) is 13.4. The van der Waals surface area contributed by atoms with Gasteiger partial charge >= 0.3 is 5.97 Å². The number of aryl methyl sites for hydroxylation is 1. The average molecular weight is 524 g/mol. The molecule has 200 valence electrons. The van der Waals surface area contributed by atoms with E-state index in [1.165, 1.54) is 10.2 Å². The summed E-state index contributed by atoms with van der Waals surface area (Å²) in [5.74, 6) is -0.0130. The highest BCUT2D eigenvalue weighted by molar-refractivity contribution is 5.96. The van der Waals surface area contributed by atoms with Crippen LogP contribution < -0.4 is 9.64 Å². The second-order valence-electron chi connectivity index (χ2n) is 9.96. The summed E-state index contributed by atoms with van der Waals surface area (Å²) in [7, 11) is 0. The predicted molar refractivity (Wildman–Crippen MR) is 151 cm³/mol. The van der Waals surface area contributed by atoms with Crippen LogP contribution in [0.25, 0.3) is 11.1 Å². The summed E-state index contributed by atoms with van der Waals surface area (Å²) in [4.78, 5) is 27.2. The van der Waals surface area contributed by atoms with E-state index in [9.17, 15) is 14.7 Å². The standard InChI is InChI=1S/C32H33N3O4/c1-22-10-6-16-29(23(22)2)39-19-9-17-30(36)34-18-8-14-27-26(13-7-15-28(27)34)25-20-33-35(21-25)31(32(37)38)24-11-4-3-5-12-24/h3-7,10-13,15-16,20-21,31H,8-9,14,17-19H2,1-2H3,(H,37,38). The highest BCUT2D eigenvalue weighted by Gasteiger charge is 2.26. The molecule has 5 rings (SSSR count). The molecule has 0 saturated heterocycles. The molecule has 1 aliphatic heterocycles. The lowest BCUT2D eigenvalue weighted by Crippen LogP contribution is -2.35. The van der Waals surface area contributed by atoms with Crippen LogP contribution in [0.3, 0.4) is 0 Å². The monoisotopic (exact) mass is 523 g/mol. The summed E-state index contributed by atoms with van der Waals surface area (Å²) in [5, 5.41) is 14.3. The van der Waals surface area contributed by atoms with E-state index in [0.29, 0.717) is 31.6 Å². The molecule has 1 aliphatic rings. The summed E-state index contributed by atoms with van der Waals surface area (Å²) in [6, 6.07) is 20.2. The summed E-state index contributed by atoms with van der Waals surface area (Å²) in [6.45, 7) is 5.28. The van der Waals surface area contributed by atoms with Crippen molar-refractivity contribution in [2.45, 2.75) is 45.6 Å². The maximum atomic E-state index is 13.3. The smallest absolute Gasteiger partial charge is 0.333 e. The van der Waals surface area contributed by atoms with E-state index in [2.05, 4.69) is 18.1 Å². The van der Waals surface area contributed by atoms with Gasteiger partial charge < -0.3 is 14.7 Å². The quantitative estimate of drug-likeness (QED) is 0.273. The number of benzene rings is 3. The van der Waals surface area contributed by atoms with E-state index in [4.69, 9.17) is 4.74 Å². The number of ether oxygens (including phenoxy) is 1. The Kier molecular flexibility index (Phi) is 7.77. The predicted octanol–water partition coefficient (Wildman–Crippen LogP) is 5.98. The number of fused-ring (bicyclic) bond motifs is 1. The topological polar surface area (TPSA) is 84.7 Å². The first kappa shape index (κ1) is 26.2. The van der Waals surface area contributed by atoms with Crippen molar-refractivity contribution < 1.29 is 19.4 Å². The van der Waals surface area contributed by atoms with Gasteiger partial charge in [0.05, 0.1) is 12.8 Å². The van der Waals surface area contributed by atoms with Gasteiger partial charge in [-0.15, -0.1) is 0 Å². The Hall–Kier alpha value is -4.39. The minimum absolute atomic E-state index is 0.0865. The normalized spacial score (nSPS) is 13.5. The molecular formula is C32H33N3O4. The Labute approximate surface area is 228 Å². The van der Waals surface area contributed by atoms with Gasteiger partial charge in [0.1, 0.15) is 5.75 Å². The van der Waals surface area contributed by atoms with Crippen molar-refractivity contribution in [3.63, 3.8) is 0 Å². The number of carboxylic acids is 1. The van der Waals surface area contributed by atoms with E-state index >= 15 is 0 Å². The van der Waals surface area contributed by atoms with Crippen molar-refractivity contribution in [3.05, 3.63) is 101 Å². The van der Waals surface area contributed by atoms with Crippen molar-refractivity contribution >= 4 is 17.6 Å². The first-order valence-corrected chi connectivity index (χ1v) is 13.4. The molecule has 0 spiro atoms. The fourth-order valence-electron chi connectivity index (χ4n) is 5.24. The number of hydrogen-bond donors (Lipinski definition) is 1. The lowest BCUT2D eigenvalue weighted by Gasteiger charge is -2.31. The van der Waals surface area contributed by atoms with Crippen LogP contribution in [0.5, 0.6) is 5.75 Å². The molecule has 3 aromatic carbocycles. The Morgan fingerprint density at radius 3 is 2.62 bits per heavy atom. The number of carbonyl (C=O) groups is 2. The number of aliphatic carboxylic acids is 1. The largest absolute Gasteiger partial charge is 0.493 e. The molecule has 1 amide bonds. The van der Waals surface area contributed by atoms with Gasteiger partial charge in [-0.25, -0.2) is 4.79 Å². The zero-order valence-electron chi connectivity index (χ0n) is 22.3. The van der Waals surface area contributed by atoms with E-state index in [-0.39, 0.29) is 5.91 Å². The Morgan fingerprint density at radius 2 is 1.82 bits per heavy atom. The third-order valence-electron chi connectivity index (χ3n) is 7.43. The molecule has 39 heavy (non-hydrogen) atoms. The van der Waals surface area contributed by atoms with Crippen molar-refractivity contribution in [1.82, 2.24) is 9.78 Å². The van der Waals surface area contributed by atoms with Crippen LogP contribution in [0, 0.1) is 13.8 Å². The number of amides is 1. The maximum absolute atomic E-state index is 13.3. The number of nitrogens with zero attached hydrogens (tertiary/aromatic N) is 3. The fraction of sp³-hybridized carbons (Fsp3) is 0.281. The lowest BCUT2D eigenvalue weighted by atomic mass is 9.93. The van der Waals surface area contributed by atoms with Crippen molar-refractivity contribution in [3.8, 4) is 16.9 Å². The second-order valence-corrected chi connectivity index (χ2v) is 9.96. The molecule has 0 aliphatic carbocycles. The van der Waals surface area contributed by atoms with Gasteiger partial charge in [0.15, 0.2) is 6.04 Å². The highest BCUT2D eigenvalue weighted by Crippen LogP contribution is 2.36. The summed E-state index contributed by atoms with van der Waals surface area (Å²) < 4.78 is 7.44. The van der Waals surface area contributed by atoms with E-state index in [1.807, 2.05) is 60.4 Å². The van der Waals surface area contributed by atoms with Crippen LogP contribution in [0.2, 0.25) is 0 Å². The third kappa shape index (κ3) is 5.58. The van der Waals surface area contributed by atoms with Gasteiger partial charge in [0.25, 0.3) is 0 Å². The summed E-state index contributed by atoms with van der Waals surface area (Å²) in [5.41, 5.74) is 6.81. The van der Waals surface area contributed by atoms with Gasteiger partial charge in [-0.1, -0.05) is 54.6 Å². The van der Waals surface area contributed by atoms with Gasteiger partial charge in [-0.2, -0.15) is 5.10 Å². The van der Waals surface area contributed by atoms with Crippen LogP contribution in [-0.2, 0) is 16.0 Å². The van der Waals surface area contributed by atoms with Crippen LogP contribution >= 0.6 is 0 Å². The van der Waals surface area contributed by atoms with E-state index in [1.54, 1.807) is 24.5 Å². The van der Waals surface area contributed by atoms with Gasteiger partial charge in [-0.3, -0.25) is 9.48 Å². The number of hydrogen-bond acceptors (Lipinski definition) is 4. The average Bonchev–Trinajstić information content (AvgIpc) is 3.42. The molecule has 1 unspecified atom stereocenters. The Bertz CT molecular complexity index is 1480. The number of rotatable bonds is 9. The van der Waals surface area contributed by atoms with E-state index < -0.39 is 12.0 Å². The molecule has 0 fully saturated rings. The molecule has 7 nitrogen and oxygen atoms in total. The second kappa shape index (κ2) is 11.6. The van der Waals surface area contributed by atoms with E-state index in [0.717, 1.165) is 46.5 Å². The summed E-state index contributed by atoms with van der Waals surface area (Å²) >= 11 is 0. The fourth-order valence-corrected chi connectivity index (χ4v) is 5.24. The van der Waals surface area contributed by atoms with Crippen LogP contribution in [0.4, 0.5) is 5.69 Å². The lowest BCUT2D eigenvalue weighted by molar-refractivity contribution is -0.139. The van der Waals surface area contributed by atoms with Crippen LogP contribution in [0.1, 0.15) is 47.6 Å². The van der Waals surface area contributed by atoms with Crippen LogP contribution in [0.15, 0.2) is 79.1 Å². The molecule has 1 atom stereocenters. The molecule has 0 saturated carbocycles. The van der Waals surface area contributed by atoms with Gasteiger partial charge in [-0.05, 0) is 73.1 Å². The Balaban J connectivity index is 1.31. The molecule has 1 N–H and O–H groups in total. The zero-order valence-corrected chi connectivity index (χ0v) is 22.3. The number of anilines is 1. The third-order valence-corrected chi connectivity index (χ3v) is 7.43. The molecule has 2 heterocycles. The van der Waals surface area contributed by atoms with Crippen LogP contribution in [-0.4, -0.2) is 39.9 Å². The highest BCUT2D eigenvalue weighted by atomic mass is 16.5. The SMILES string of the molecule is Cc1cccc(OCCCC(=O)N2CCCc3c(-c4cnn(C(C(=O)O)c5ccccc5)c4)cccc32)c1C. The van der Waals surface area contributed by atoms with Gasteiger partial charge in [0, 0.05) is 30.4 Å². The van der Waals surface area contributed by atoms with Crippen molar-refractivity contribution in [2.75, 3.05) is 18.1 Å². The minimum Gasteiger partial charge on any atom is -0.493 e. The molecule has 0 radical (unpaired) electrons. The van der Waals surface area contributed by atoms with Gasteiger partial charge in [0.2, 0.25) is 5.91 Å². The molecular weight excluding hydrogens is 490 g/mol. The molecule has 1 aromatic heterocycles. The van der Waals surface area contributed by atoms with Crippen molar-refractivity contribution in [1.29, 1.82) is 0 Å². The van der Waals surface area contributed by atoms with Crippen molar-refractivity contribution in [2.24, 2.45) is 0 Å². The summed E-state index contributed by atoms with van der Waals surface area (Å²) in [6.07, 6.45) is 6.25. The maximum Gasteiger partial charge on any atom is 0.333 e. The number of aromatic nitrogens is 2. The Morgan fingerprint density at radius 1 is 1.03 bits per heavy atom. The minimum atomic E-state index is -0.968. The number of carboxylic acid groups (broad SMARTS) is 1. The number of carbonyl (C=O) groups excluding carboxylic acids is 1. The molecule has 0 bridgehead atoms. The first-order chi connectivity index (χ1) is 18.9. The zero-order chi connectivity index (χ0) is 27.4.